The number of likely N-dealkylation sites (tertiary alicyclic amines) is 1. The third kappa shape index (κ3) is 15.0. The molecule has 0 aromatic carbocycles. The van der Waals surface area contributed by atoms with Crippen molar-refractivity contribution in [3.8, 4) is 0 Å². The van der Waals surface area contributed by atoms with E-state index < -0.39 is 102 Å². The lowest BCUT2D eigenvalue weighted by Crippen LogP contribution is -2.61. The van der Waals surface area contributed by atoms with Gasteiger partial charge in [-0.15, -0.1) is 0 Å². The Kier molecular flexibility index (Phi) is 18.7. The van der Waals surface area contributed by atoms with Crippen LogP contribution < -0.4 is 26.6 Å². The van der Waals surface area contributed by atoms with E-state index in [9.17, 15) is 42.3 Å². The van der Waals surface area contributed by atoms with E-state index in [2.05, 4.69) is 26.6 Å². The predicted octanol–water partition coefficient (Wildman–Crippen LogP) is 2.99. The third-order valence-electron chi connectivity index (χ3n) is 8.35. The summed E-state index contributed by atoms with van der Waals surface area (Å²) in [6.45, 7) is 15.2. The maximum Gasteiger partial charge on any atom is 0.315 e. The summed E-state index contributed by atoms with van der Waals surface area (Å²) < 4.78 is 27.3. The summed E-state index contributed by atoms with van der Waals surface area (Å²) >= 11 is 0. The Morgan fingerprint density at radius 2 is 1.57 bits per heavy atom. The topological polar surface area (TPSA) is 186 Å². The van der Waals surface area contributed by atoms with Crippen LogP contribution in [-0.4, -0.2) is 114 Å². The van der Waals surface area contributed by atoms with Gasteiger partial charge in [0.2, 0.25) is 35.8 Å². The standard InChI is InChI=1S/C36H55F2N7O7.C2H6/c1-21(29(37)38)19-23(27(47)31(49)39-20-25(46)41-26(32(50)44(8)9)22-15-12-10-11-13-16-22)40-30(48)24-17-14-18-45(24)33(51)28(35(2,3)4)42-34(52)43-36(5,6)7;1-2/h10,12-13,15-16,21,23-24,26,28-29H,11,14,17-20H2,1-9H3,(H,39,49)(H,40,48)(H,41,46)(H2,42,43,52);1-2H3. The van der Waals surface area contributed by atoms with Crippen molar-refractivity contribution in [2.45, 2.75) is 124 Å². The summed E-state index contributed by atoms with van der Waals surface area (Å²) in [6, 6.07) is -5.53. The highest BCUT2D eigenvalue weighted by Crippen LogP contribution is 2.26. The zero-order chi connectivity index (χ0) is 41.6. The van der Waals surface area contributed by atoms with E-state index in [1.54, 1.807) is 65.8 Å². The number of Topliss-reactive ketones (excluding diaryl/α,β-unsaturated/α-hetero) is 1. The van der Waals surface area contributed by atoms with Crippen LogP contribution in [0.5, 0.6) is 0 Å². The number of halogens is 2. The van der Waals surface area contributed by atoms with Crippen LogP contribution in [0.3, 0.4) is 0 Å². The van der Waals surface area contributed by atoms with Gasteiger partial charge in [-0.05, 0) is 57.4 Å². The first-order valence-electron chi connectivity index (χ1n) is 18.4. The summed E-state index contributed by atoms with van der Waals surface area (Å²) in [5, 5.41) is 12.6. The average Bonchev–Trinajstić information content (AvgIpc) is 3.42. The first kappa shape index (κ1) is 47.4. The van der Waals surface area contributed by atoms with E-state index in [1.165, 1.54) is 23.9 Å². The fraction of sp³-hybridized carbons (Fsp3) is 0.658. The zero-order valence-corrected chi connectivity index (χ0v) is 33.6. The molecule has 14 nitrogen and oxygen atoms in total. The van der Waals surface area contributed by atoms with Gasteiger partial charge in [-0.3, -0.25) is 28.8 Å². The highest BCUT2D eigenvalue weighted by Gasteiger charge is 2.43. The second-order valence-electron chi connectivity index (χ2n) is 15.5. The maximum absolute atomic E-state index is 13.8. The van der Waals surface area contributed by atoms with Gasteiger partial charge < -0.3 is 36.4 Å². The van der Waals surface area contributed by atoms with Crippen molar-refractivity contribution in [2.75, 3.05) is 27.2 Å². The van der Waals surface area contributed by atoms with E-state index in [1.807, 2.05) is 19.9 Å². The maximum atomic E-state index is 13.8. The van der Waals surface area contributed by atoms with Crippen LogP contribution >= 0.6 is 0 Å². The summed E-state index contributed by atoms with van der Waals surface area (Å²) in [4.78, 5) is 94.8. The van der Waals surface area contributed by atoms with Gasteiger partial charge in [-0.2, -0.15) is 0 Å². The number of likely N-dealkylation sites (N-methyl/N-ethyl adjacent to an activating group) is 1. The van der Waals surface area contributed by atoms with E-state index >= 15 is 0 Å². The molecule has 1 aliphatic heterocycles. The third-order valence-corrected chi connectivity index (χ3v) is 8.35. The number of amides is 7. The number of rotatable bonds is 14. The number of hydrogen-bond acceptors (Lipinski definition) is 7. The molecule has 2 aliphatic rings. The number of carbonyl (C=O) groups is 7. The quantitative estimate of drug-likeness (QED) is 0.168. The molecule has 5 atom stereocenters. The summed E-state index contributed by atoms with van der Waals surface area (Å²) in [7, 11) is 3.03. The van der Waals surface area contributed by atoms with E-state index in [0.29, 0.717) is 18.4 Å². The number of hydrogen-bond donors (Lipinski definition) is 5. The number of nitrogens with one attached hydrogen (secondary N) is 5. The molecule has 7 amide bonds. The van der Waals surface area contributed by atoms with Crippen LogP contribution in [0, 0.1) is 11.3 Å². The Balaban J connectivity index is 0.00000716. The smallest absolute Gasteiger partial charge is 0.315 e. The van der Waals surface area contributed by atoms with Crippen molar-refractivity contribution in [1.29, 1.82) is 0 Å². The van der Waals surface area contributed by atoms with Gasteiger partial charge in [0.15, 0.2) is 0 Å². The average molecular weight is 766 g/mol. The SMILES string of the molecule is CC.CC(CC(NC(=O)C1CCCN1C(=O)C(NC(=O)NC(C)(C)C)C(C)(C)C)C(=O)C(=O)NCC(=O)NC(C(=O)N(C)C)C1=CC=CCC=C1)C(F)F. The predicted molar refractivity (Wildman–Crippen MR) is 202 cm³/mol. The Bertz CT molecular complexity index is 1450. The van der Waals surface area contributed by atoms with Crippen molar-refractivity contribution in [1.82, 2.24) is 36.4 Å². The minimum Gasteiger partial charge on any atom is -0.347 e. The Hall–Kier alpha value is -4.63. The Morgan fingerprint density at radius 1 is 0.944 bits per heavy atom. The first-order valence-corrected chi connectivity index (χ1v) is 18.4. The second kappa shape index (κ2) is 21.3. The summed E-state index contributed by atoms with van der Waals surface area (Å²) in [6.07, 6.45) is 6.50. The lowest BCUT2D eigenvalue weighted by molar-refractivity contribution is -0.144. The van der Waals surface area contributed by atoms with Crippen LogP contribution in [0.15, 0.2) is 36.0 Å². The number of urea groups is 1. The minimum atomic E-state index is -2.88. The Morgan fingerprint density at radius 3 is 2.13 bits per heavy atom. The van der Waals surface area contributed by atoms with Crippen LogP contribution in [0.25, 0.3) is 0 Å². The molecule has 16 heteroatoms. The van der Waals surface area contributed by atoms with Crippen molar-refractivity contribution in [2.24, 2.45) is 11.3 Å². The fourth-order valence-corrected chi connectivity index (χ4v) is 5.55. The highest BCUT2D eigenvalue weighted by atomic mass is 19.3. The zero-order valence-electron chi connectivity index (χ0n) is 33.6. The van der Waals surface area contributed by atoms with Gasteiger partial charge in [0, 0.05) is 32.1 Å². The molecule has 2 rings (SSSR count). The number of alkyl halides is 2. The van der Waals surface area contributed by atoms with Crippen LogP contribution in [0.1, 0.15) is 88.0 Å². The Labute approximate surface area is 318 Å². The number of nitrogens with zero attached hydrogens (tertiary/aromatic N) is 2. The highest BCUT2D eigenvalue weighted by molar-refractivity contribution is 6.38. The molecule has 1 aliphatic carbocycles. The van der Waals surface area contributed by atoms with Gasteiger partial charge in [-0.1, -0.05) is 71.9 Å². The van der Waals surface area contributed by atoms with Gasteiger partial charge >= 0.3 is 6.03 Å². The fourth-order valence-electron chi connectivity index (χ4n) is 5.55. The lowest BCUT2D eigenvalue weighted by atomic mass is 9.85. The molecular weight excluding hydrogens is 704 g/mol. The molecular formula is C38H61F2N7O7. The molecule has 1 heterocycles. The largest absolute Gasteiger partial charge is 0.347 e. The molecule has 0 aromatic rings. The molecule has 304 valence electrons. The molecule has 0 spiro atoms. The molecule has 0 bridgehead atoms. The van der Waals surface area contributed by atoms with Gasteiger partial charge in [0.1, 0.15) is 18.1 Å². The molecule has 5 unspecified atom stereocenters. The van der Waals surface area contributed by atoms with Crippen molar-refractivity contribution in [3.63, 3.8) is 0 Å². The molecule has 0 aromatic heterocycles. The van der Waals surface area contributed by atoms with Crippen LogP contribution in [-0.2, 0) is 28.8 Å². The molecule has 0 saturated carbocycles. The lowest BCUT2D eigenvalue weighted by Gasteiger charge is -2.36. The molecule has 5 N–H and O–H groups in total. The van der Waals surface area contributed by atoms with Crippen molar-refractivity contribution >= 4 is 41.4 Å². The summed E-state index contributed by atoms with van der Waals surface area (Å²) in [5.41, 5.74) is -0.872. The van der Waals surface area contributed by atoms with Gasteiger partial charge in [0.05, 0.1) is 12.6 Å². The number of ketones is 1. The van der Waals surface area contributed by atoms with E-state index in [-0.39, 0.29) is 13.0 Å². The van der Waals surface area contributed by atoms with E-state index in [0.717, 1.165) is 6.92 Å². The summed E-state index contributed by atoms with van der Waals surface area (Å²) in [5.74, 6) is -6.60. The normalized spacial score (nSPS) is 17.7. The number of allylic oxidation sites excluding steroid dienone is 4. The monoisotopic (exact) mass is 765 g/mol. The van der Waals surface area contributed by atoms with Gasteiger partial charge in [-0.25, -0.2) is 13.6 Å². The minimum absolute atomic E-state index is 0.161. The molecule has 0 radical (unpaired) electrons. The van der Waals surface area contributed by atoms with Crippen LogP contribution in [0.2, 0.25) is 0 Å². The molecule has 1 saturated heterocycles. The van der Waals surface area contributed by atoms with Crippen molar-refractivity contribution < 1.29 is 42.3 Å². The van der Waals surface area contributed by atoms with Crippen molar-refractivity contribution in [3.05, 3.63) is 36.0 Å². The second-order valence-corrected chi connectivity index (χ2v) is 15.5. The molecule has 54 heavy (non-hydrogen) atoms. The van der Waals surface area contributed by atoms with Crippen LogP contribution in [0.4, 0.5) is 13.6 Å². The number of carbonyl (C=O) groups excluding carboxylic acids is 7. The van der Waals surface area contributed by atoms with Gasteiger partial charge in [0.25, 0.3) is 5.91 Å². The molecule has 1 fully saturated rings. The first-order chi connectivity index (χ1) is 25.0. The van der Waals surface area contributed by atoms with E-state index in [4.69, 9.17) is 0 Å².